The molecule has 138 valence electrons. The molecule has 2 aromatic carbocycles. The summed E-state index contributed by atoms with van der Waals surface area (Å²) in [5, 5.41) is 15.2. The molecule has 0 aliphatic heterocycles. The van der Waals surface area contributed by atoms with Gasteiger partial charge < -0.3 is 10.6 Å². The summed E-state index contributed by atoms with van der Waals surface area (Å²) < 4.78 is 1.98. The van der Waals surface area contributed by atoms with Crippen molar-refractivity contribution in [2.75, 3.05) is 7.05 Å². The summed E-state index contributed by atoms with van der Waals surface area (Å²) in [6.45, 7) is 0.553. The average Bonchev–Trinajstić information content (AvgIpc) is 3.20. The van der Waals surface area contributed by atoms with E-state index in [0.29, 0.717) is 12.6 Å². The topological polar surface area (TPSA) is 67.1 Å². The van der Waals surface area contributed by atoms with Crippen LogP contribution in [0.4, 0.5) is 0 Å². The largest absolute Gasteiger partial charge is 0.353 e. The summed E-state index contributed by atoms with van der Waals surface area (Å²) in [5.41, 5.74) is 3.95. The highest BCUT2D eigenvalue weighted by molar-refractivity contribution is 5.80. The molecule has 3 aromatic rings. The van der Waals surface area contributed by atoms with E-state index < -0.39 is 0 Å². The lowest BCUT2D eigenvalue weighted by Gasteiger charge is -2.27. The highest BCUT2D eigenvalue weighted by Crippen LogP contribution is 2.20. The molecule has 2 N–H and O–H groups in total. The maximum atomic E-state index is 4.38. The number of hydrogen-bond donors (Lipinski definition) is 2. The van der Waals surface area contributed by atoms with Gasteiger partial charge in [-0.2, -0.15) is 0 Å². The third kappa shape index (κ3) is 4.00. The van der Waals surface area contributed by atoms with Gasteiger partial charge in [0.25, 0.3) is 0 Å². The molecule has 1 aliphatic carbocycles. The van der Waals surface area contributed by atoms with Gasteiger partial charge in [-0.15, -0.1) is 10.2 Å². The van der Waals surface area contributed by atoms with Crippen molar-refractivity contribution >= 4 is 5.96 Å². The van der Waals surface area contributed by atoms with Crippen molar-refractivity contribution in [3.63, 3.8) is 0 Å². The second kappa shape index (κ2) is 8.03. The predicted octanol–water partition coefficient (Wildman–Crippen LogP) is 2.49. The van der Waals surface area contributed by atoms with Crippen LogP contribution >= 0.6 is 0 Å². The Morgan fingerprint density at radius 2 is 1.89 bits per heavy atom. The monoisotopic (exact) mass is 360 g/mol. The summed E-state index contributed by atoms with van der Waals surface area (Å²) in [4.78, 5) is 4.38. The van der Waals surface area contributed by atoms with Crippen molar-refractivity contribution in [3.8, 4) is 5.69 Å². The number of aryl methyl sites for hydroxylation is 1. The average molecular weight is 360 g/mol. The van der Waals surface area contributed by atoms with Gasteiger partial charge in [0, 0.05) is 18.8 Å². The van der Waals surface area contributed by atoms with Gasteiger partial charge in [-0.05, 0) is 42.5 Å². The fourth-order valence-electron chi connectivity index (χ4n) is 3.56. The maximum Gasteiger partial charge on any atom is 0.191 e. The minimum Gasteiger partial charge on any atom is -0.353 e. The summed E-state index contributed by atoms with van der Waals surface area (Å²) in [7, 11) is 1.80. The van der Waals surface area contributed by atoms with Gasteiger partial charge in [-0.25, -0.2) is 0 Å². The first-order valence-corrected chi connectivity index (χ1v) is 9.32. The molecular weight excluding hydrogens is 336 g/mol. The third-order valence-corrected chi connectivity index (χ3v) is 4.98. The van der Waals surface area contributed by atoms with Gasteiger partial charge in [-0.1, -0.05) is 42.5 Å². The molecule has 27 heavy (non-hydrogen) atoms. The van der Waals surface area contributed by atoms with E-state index >= 15 is 0 Å². The van der Waals surface area contributed by atoms with Crippen molar-refractivity contribution < 1.29 is 0 Å². The molecular formula is C21H24N6. The quantitative estimate of drug-likeness (QED) is 0.554. The molecule has 0 amide bonds. The van der Waals surface area contributed by atoms with E-state index in [-0.39, 0.29) is 0 Å². The molecule has 0 bridgehead atoms. The molecule has 6 nitrogen and oxygen atoms in total. The number of benzene rings is 2. The number of para-hydroxylation sites is 1. The Balaban J connectivity index is 1.38. The summed E-state index contributed by atoms with van der Waals surface area (Å²) in [5.74, 6) is 1.64. The van der Waals surface area contributed by atoms with Gasteiger partial charge in [-0.3, -0.25) is 9.56 Å². The molecule has 0 saturated heterocycles. The van der Waals surface area contributed by atoms with Gasteiger partial charge in [0.1, 0.15) is 6.33 Å². The maximum absolute atomic E-state index is 4.38. The van der Waals surface area contributed by atoms with Gasteiger partial charge >= 0.3 is 0 Å². The zero-order valence-electron chi connectivity index (χ0n) is 15.5. The number of nitrogens with zero attached hydrogens (tertiary/aromatic N) is 4. The van der Waals surface area contributed by atoms with Crippen LogP contribution in [0.15, 0.2) is 65.9 Å². The van der Waals surface area contributed by atoms with Crippen LogP contribution in [-0.4, -0.2) is 33.8 Å². The number of rotatable bonds is 4. The molecule has 0 saturated carbocycles. The van der Waals surface area contributed by atoms with E-state index in [9.17, 15) is 0 Å². The normalized spacial score (nSPS) is 16.6. The standard InChI is InChI=1S/C21H24N6/c1-22-21(25-18-12-11-16-7-5-6-8-17(16)13-18)23-14-20-26-24-15-27(20)19-9-3-2-4-10-19/h2-10,15,18H,11-14H2,1H3,(H2,22,23,25). The number of hydrogen-bond acceptors (Lipinski definition) is 3. The minimum absolute atomic E-state index is 0.387. The fourth-order valence-corrected chi connectivity index (χ4v) is 3.56. The molecule has 0 spiro atoms. The molecule has 1 atom stereocenters. The van der Waals surface area contributed by atoms with Crippen LogP contribution in [-0.2, 0) is 19.4 Å². The minimum atomic E-state index is 0.387. The molecule has 1 heterocycles. The van der Waals surface area contributed by atoms with Crippen LogP contribution in [0.1, 0.15) is 23.4 Å². The molecule has 0 fully saturated rings. The number of guanidine groups is 1. The Labute approximate surface area is 159 Å². The predicted molar refractivity (Wildman–Crippen MR) is 107 cm³/mol. The number of fused-ring (bicyclic) bond motifs is 1. The fraction of sp³-hybridized carbons (Fsp3) is 0.286. The lowest BCUT2D eigenvalue weighted by molar-refractivity contribution is 0.520. The Bertz CT molecular complexity index is 915. The highest BCUT2D eigenvalue weighted by atomic mass is 15.3. The van der Waals surface area contributed by atoms with Gasteiger partial charge in [0.05, 0.1) is 6.54 Å². The Morgan fingerprint density at radius 3 is 2.70 bits per heavy atom. The number of nitrogens with one attached hydrogen (secondary N) is 2. The first kappa shape index (κ1) is 17.3. The van der Waals surface area contributed by atoms with Crippen LogP contribution in [0.2, 0.25) is 0 Å². The van der Waals surface area contributed by atoms with Crippen LogP contribution in [0.3, 0.4) is 0 Å². The van der Waals surface area contributed by atoms with Gasteiger partial charge in [0.15, 0.2) is 11.8 Å². The number of aliphatic imine (C=N–C) groups is 1. The highest BCUT2D eigenvalue weighted by Gasteiger charge is 2.19. The van der Waals surface area contributed by atoms with Crippen LogP contribution in [0.25, 0.3) is 5.69 Å². The van der Waals surface area contributed by atoms with Crippen LogP contribution < -0.4 is 10.6 Å². The zero-order valence-corrected chi connectivity index (χ0v) is 15.5. The molecule has 1 aromatic heterocycles. The van der Waals surface area contributed by atoms with Gasteiger partial charge in [0.2, 0.25) is 0 Å². The summed E-state index contributed by atoms with van der Waals surface area (Å²) >= 11 is 0. The van der Waals surface area contributed by atoms with E-state index in [4.69, 9.17) is 0 Å². The van der Waals surface area contributed by atoms with E-state index in [1.54, 1.807) is 13.4 Å². The zero-order chi connectivity index (χ0) is 18.5. The Hall–Kier alpha value is -3.15. The lowest BCUT2D eigenvalue weighted by atomic mass is 9.88. The van der Waals surface area contributed by atoms with Crippen molar-refractivity contribution in [3.05, 3.63) is 77.9 Å². The molecule has 6 heteroatoms. The Morgan fingerprint density at radius 1 is 1.11 bits per heavy atom. The second-order valence-corrected chi connectivity index (χ2v) is 6.73. The molecule has 0 radical (unpaired) electrons. The summed E-state index contributed by atoms with van der Waals surface area (Å²) in [6, 6.07) is 19.2. The lowest BCUT2D eigenvalue weighted by Crippen LogP contribution is -2.45. The van der Waals surface area contributed by atoms with Crippen molar-refractivity contribution in [2.24, 2.45) is 4.99 Å². The first-order chi connectivity index (χ1) is 13.3. The smallest absolute Gasteiger partial charge is 0.191 e. The van der Waals surface area contributed by atoms with Crippen LogP contribution in [0.5, 0.6) is 0 Å². The SMILES string of the molecule is CN=C(NCc1nncn1-c1ccccc1)NC1CCc2ccccc2C1. The van der Waals surface area contributed by atoms with E-state index in [0.717, 1.165) is 36.7 Å². The van der Waals surface area contributed by atoms with E-state index in [1.165, 1.54) is 11.1 Å². The number of aromatic nitrogens is 3. The third-order valence-electron chi connectivity index (χ3n) is 4.98. The molecule has 4 rings (SSSR count). The molecule has 1 unspecified atom stereocenters. The van der Waals surface area contributed by atoms with Crippen molar-refractivity contribution in [1.29, 1.82) is 0 Å². The Kier molecular flexibility index (Phi) is 5.14. The first-order valence-electron chi connectivity index (χ1n) is 9.32. The van der Waals surface area contributed by atoms with Crippen molar-refractivity contribution in [2.45, 2.75) is 31.8 Å². The van der Waals surface area contributed by atoms with Crippen LogP contribution in [0, 0.1) is 0 Å². The van der Waals surface area contributed by atoms with Crippen molar-refractivity contribution in [1.82, 2.24) is 25.4 Å². The summed E-state index contributed by atoms with van der Waals surface area (Å²) in [6.07, 6.45) is 4.97. The molecule has 1 aliphatic rings. The van der Waals surface area contributed by atoms with E-state index in [1.807, 2.05) is 34.9 Å². The van der Waals surface area contributed by atoms with E-state index in [2.05, 4.69) is 50.1 Å². The second-order valence-electron chi connectivity index (χ2n) is 6.73.